The van der Waals surface area contributed by atoms with Crippen LogP contribution in [0.1, 0.15) is 131 Å². The molecule has 18 amide bonds. The molecule has 1 saturated heterocycles. The van der Waals surface area contributed by atoms with Gasteiger partial charge in [0.15, 0.2) is 29.8 Å². The molecule has 0 aromatic heterocycles. The lowest BCUT2D eigenvalue weighted by atomic mass is 9.97. The summed E-state index contributed by atoms with van der Waals surface area (Å²) in [6.07, 6.45) is -2.97. The van der Waals surface area contributed by atoms with Crippen molar-refractivity contribution in [3.05, 3.63) is 35.9 Å². The molecule has 0 aliphatic carbocycles. The van der Waals surface area contributed by atoms with E-state index in [1.807, 2.05) is 0 Å². The molecule has 0 saturated carbocycles. The topological polar surface area (TPSA) is 854 Å². The van der Waals surface area contributed by atoms with Crippen LogP contribution in [-0.4, -0.2) is 324 Å². The zero-order chi connectivity index (χ0) is 106. The molecule has 39 N–H and O–H groups in total. The minimum Gasteiger partial charge on any atom is -0.391 e. The number of aliphatic hydroxyl groups is 1. The van der Waals surface area contributed by atoms with Crippen molar-refractivity contribution in [3.8, 4) is 0 Å². The van der Waals surface area contributed by atoms with Crippen LogP contribution in [0.4, 0.5) is 0 Å². The molecule has 18 atom stereocenters. The summed E-state index contributed by atoms with van der Waals surface area (Å²) in [4.78, 5) is 258. The van der Waals surface area contributed by atoms with Gasteiger partial charge in [-0.25, -0.2) is 0 Å². The predicted molar refractivity (Wildman–Crippen MR) is 541 cm³/mol. The van der Waals surface area contributed by atoms with Crippen molar-refractivity contribution in [2.24, 2.45) is 46.4 Å². The second-order valence-corrected chi connectivity index (χ2v) is 35.7. The van der Waals surface area contributed by atoms with E-state index in [-0.39, 0.29) is 122 Å². The highest BCUT2D eigenvalue weighted by Gasteiger charge is 2.41. The fourth-order valence-corrected chi connectivity index (χ4v) is 14.9. The molecule has 140 heavy (non-hydrogen) atoms. The fraction of sp³-hybridized carbons (Fsp3) is 0.646. The quantitative estimate of drug-likeness (QED) is 0.0132. The van der Waals surface area contributed by atoms with Crippen molar-refractivity contribution in [1.29, 1.82) is 27.0 Å². The number of nitrogens with one attached hydrogen (secondary N) is 28. The maximum Gasteiger partial charge on any atom is 0.245 e. The molecule has 0 bridgehead atoms. The van der Waals surface area contributed by atoms with E-state index in [2.05, 4.69) is 198 Å². The normalized spacial score (nSPS) is 24.6. The van der Waals surface area contributed by atoms with Crippen molar-refractivity contribution in [2.75, 3.05) is 80.3 Å². The summed E-state index contributed by atoms with van der Waals surface area (Å²) in [6.45, 7) is 8.91. The maximum atomic E-state index is 14.6. The van der Waals surface area contributed by atoms with Gasteiger partial charge in [0.25, 0.3) is 0 Å². The van der Waals surface area contributed by atoms with E-state index in [1.165, 1.54) is 13.8 Å². The lowest BCUT2D eigenvalue weighted by molar-refractivity contribution is -0.137. The van der Waals surface area contributed by atoms with Crippen LogP contribution in [0.3, 0.4) is 0 Å². The third-order valence-corrected chi connectivity index (χ3v) is 23.4. The largest absolute Gasteiger partial charge is 0.391 e. The number of hydrogen-bond donors (Lipinski definition) is 40. The van der Waals surface area contributed by atoms with E-state index in [0.717, 1.165) is 6.92 Å². The number of amides is 18. The number of nitrogens with two attached hydrogens (primary N) is 5. The van der Waals surface area contributed by atoms with Crippen LogP contribution in [0.25, 0.3) is 0 Å². The number of guanidine groups is 5. The Morgan fingerprint density at radius 3 is 0.857 bits per heavy atom. The number of hydrogen-bond acceptors (Lipinski definition) is 30. The van der Waals surface area contributed by atoms with Crippen LogP contribution in [-0.2, 0) is 92.7 Å². The van der Waals surface area contributed by atoms with Gasteiger partial charge in [0, 0.05) is 73.7 Å². The van der Waals surface area contributed by atoms with Crippen LogP contribution in [0.5, 0.6) is 0 Å². The van der Waals surface area contributed by atoms with E-state index >= 15 is 0 Å². The van der Waals surface area contributed by atoms with Gasteiger partial charge in [0.2, 0.25) is 106 Å². The highest BCUT2D eigenvalue weighted by Crippen LogP contribution is 2.16. The Kier molecular flexibility index (Phi) is 59.1. The van der Waals surface area contributed by atoms with Gasteiger partial charge in [0.1, 0.15) is 96.7 Å². The van der Waals surface area contributed by atoms with E-state index in [9.17, 15) is 91.4 Å². The van der Waals surface area contributed by atoms with Crippen LogP contribution in [0.15, 0.2) is 30.3 Å². The second-order valence-electron chi connectivity index (χ2n) is 33.5. The molecule has 0 unspecified atom stereocenters. The van der Waals surface area contributed by atoms with E-state index in [1.54, 1.807) is 58.0 Å². The summed E-state index contributed by atoms with van der Waals surface area (Å²) in [6, 6.07) is -17.1. The van der Waals surface area contributed by atoms with Gasteiger partial charge in [-0.2, -0.15) is 75.8 Å². The van der Waals surface area contributed by atoms with E-state index in [4.69, 9.17) is 55.7 Å². The summed E-state index contributed by atoms with van der Waals surface area (Å²) in [5, 5.41) is 107. The number of aliphatic hydroxyl groups excluding tert-OH is 1. The molecule has 2 rings (SSSR count). The summed E-state index contributed by atoms with van der Waals surface area (Å²) in [5.41, 5.74) is 28.1. The number of carbonyl (C=O) groups excluding carboxylic acids is 18. The molecule has 1 aromatic rings. The lowest BCUT2D eigenvalue weighted by Crippen LogP contribution is -2.62. The highest BCUT2D eigenvalue weighted by atomic mass is 32.1. The van der Waals surface area contributed by atoms with Crippen molar-refractivity contribution in [1.82, 2.24) is 122 Å². The molecule has 0 spiro atoms. The Labute approximate surface area is 845 Å². The van der Waals surface area contributed by atoms with Crippen LogP contribution in [0, 0.1) is 44.8 Å². The van der Waals surface area contributed by atoms with Gasteiger partial charge in [-0.05, 0) is 101 Å². The average molecular weight is 2090 g/mol. The van der Waals surface area contributed by atoms with Crippen molar-refractivity contribution >= 4 is 212 Å². The van der Waals surface area contributed by atoms with Gasteiger partial charge in [-0.15, -0.1) is 0 Å². The van der Waals surface area contributed by atoms with Gasteiger partial charge in [-0.3, -0.25) is 113 Å². The van der Waals surface area contributed by atoms with E-state index < -0.39 is 298 Å². The van der Waals surface area contributed by atoms with Crippen LogP contribution < -0.4 is 151 Å². The Balaban J connectivity index is 2.97. The zero-order valence-electron chi connectivity index (χ0n) is 79.2. The minimum atomic E-state index is -1.91. The summed E-state index contributed by atoms with van der Waals surface area (Å²) < 4.78 is 0. The zero-order valence-corrected chi connectivity index (χ0v) is 84.6. The van der Waals surface area contributed by atoms with Crippen molar-refractivity contribution < 1.29 is 91.4 Å². The molecule has 1 fully saturated rings. The monoisotopic (exact) mass is 2090 g/mol. The molecular weight excluding hydrogens is 1940 g/mol. The third kappa shape index (κ3) is 47.8. The molecule has 1 heterocycles. The second kappa shape index (κ2) is 66.7. The molecular formula is C82H143N33O19S6. The Hall–Kier alpha value is -11.9. The summed E-state index contributed by atoms with van der Waals surface area (Å²) in [7, 11) is 0. The van der Waals surface area contributed by atoms with Gasteiger partial charge >= 0.3 is 0 Å². The van der Waals surface area contributed by atoms with Crippen LogP contribution >= 0.6 is 75.8 Å². The predicted octanol–water partition coefficient (Wildman–Crippen LogP) is -10.7. The average Bonchev–Trinajstić information content (AvgIpc) is 0.861. The number of thiol groups is 6. The molecule has 0 radical (unpaired) electrons. The third-order valence-electron chi connectivity index (χ3n) is 21.2. The van der Waals surface area contributed by atoms with Crippen molar-refractivity contribution in [3.63, 3.8) is 0 Å². The Morgan fingerprint density at radius 1 is 0.321 bits per heavy atom. The van der Waals surface area contributed by atoms with Crippen LogP contribution in [0.2, 0.25) is 0 Å². The lowest BCUT2D eigenvalue weighted by Gasteiger charge is -2.29. The molecule has 1 aromatic carbocycles. The first kappa shape index (κ1) is 124. The first-order valence-electron chi connectivity index (χ1n) is 45.3. The van der Waals surface area contributed by atoms with Crippen molar-refractivity contribution in [2.45, 2.75) is 235 Å². The first-order chi connectivity index (χ1) is 66.1. The fourth-order valence-electron chi connectivity index (χ4n) is 13.4. The molecule has 52 nitrogen and oxygen atoms in total. The smallest absolute Gasteiger partial charge is 0.245 e. The highest BCUT2D eigenvalue weighted by molar-refractivity contribution is 7.81. The number of benzene rings is 1. The van der Waals surface area contributed by atoms with Gasteiger partial charge in [0.05, 0.1) is 19.2 Å². The number of carbonyl (C=O) groups is 18. The SMILES string of the molecule is CC[C@H](C)[C@@H]1NC(=O)[C@H](CS)NC(=O)[C@H](CCCNC(=N)N)NC(=O)[C@H](CS)NC(=O)[C@H](C(C)C)NC(=O)CNC(=O)[C@H](CCCNC(=N)N)NC(=O)[C@H](CCCNC(=N)N)NC(=O)[C@H](CS)NC(=O)[C@H](CC(C)C)NC(=O)[C@H](CS)NC(=O)[C@H](CCCNC(=N)N)NC(=O)[C@H](CS)NC(=O)[C@H](Cc2ccccc2)NC(=O)CNC(=O)[C@H](CCCNC(=N)N)NC(=O)[C@H]([C@@H](C)O)NC(=O)[C@H](CS)NC1=O. The number of rotatable bonds is 34. The van der Waals surface area contributed by atoms with E-state index in [0.29, 0.717) is 5.56 Å². The van der Waals surface area contributed by atoms with Gasteiger partial charge in [-0.1, -0.05) is 78.3 Å². The maximum absolute atomic E-state index is 14.6. The summed E-state index contributed by atoms with van der Waals surface area (Å²) >= 11 is 25.9. The minimum absolute atomic E-state index is 0.00154. The van der Waals surface area contributed by atoms with Gasteiger partial charge < -0.3 is 156 Å². The molecule has 786 valence electrons. The first-order valence-corrected chi connectivity index (χ1v) is 49.0. The Bertz CT molecular complexity index is 4370. The standard InChI is InChI=1S/C82H143N33O19S6/c1-8-41(6)60-76(133)112-56(38-140)74(131)115-61(42(7)116)77(134)105-45(20-13-25-94-79(85)86)63(120)98-31-57(117)100-50(30-43-17-10-9-11-18-43)68(125)110-52(34-136)70(127)103-47(22-15-27-96-81(89)90)65(122)107-53(35-137)72(129)106-49(29-39(2)3)67(124)109-51(33-135)69(126)102-46(21-14-26-95-80(87)88)64(121)101-44(19-12-24-93-78(83)84)62(119)99-32-58(118)113-59(40(4)5)75(132)111-54(36-138)71(128)104-48(23-16-28-97-82(91)92)66(123)108-55(37-139)73(130)114-60/h9-11,17-18,39-42,44-56,59-61,116,135-140H,8,12-16,19-38H2,1-7H3,(H,98,120)(H,99,119)(H,100,117)(H,101,121)(H,102,126)(H,103,127)(H,104,128)(H,105,134)(H,106,129)(H,107,122)(H,108,123)(H,109,124)(H,110,125)(H,111,132)(H,112,133)(H,113,118)(H,114,130)(H,115,131)(H4,83,84,93)(H4,85,86,94)(H4,87,88,95)(H4,89,90,96)(H4,91,92,97)/t41-,42+,44-,45-,46-,47-,48-,49-,50-,51-,52-,53-,54-,55-,56-,59-,60-,61-/m0/s1. The summed E-state index contributed by atoms with van der Waals surface area (Å²) in [5.74, 6) is -25.1. The molecule has 1 aliphatic heterocycles. The Morgan fingerprint density at radius 2 is 0.564 bits per heavy atom. The molecule has 1 aliphatic rings. The molecule has 58 heteroatoms.